The molecular formula is C21H21ClN4OS. The number of nitrogens with zero attached hydrogens (tertiary/aromatic N) is 4. The molecule has 4 heterocycles. The fourth-order valence-electron chi connectivity index (χ4n) is 4.46. The van der Waals surface area contributed by atoms with Crippen molar-refractivity contribution in [3.8, 4) is 0 Å². The number of likely N-dealkylation sites (tertiary alicyclic amines) is 1. The lowest BCUT2D eigenvalue weighted by Crippen LogP contribution is -2.49. The van der Waals surface area contributed by atoms with Gasteiger partial charge in [-0.15, -0.1) is 11.3 Å². The Morgan fingerprint density at radius 2 is 2.04 bits per heavy atom. The van der Waals surface area contributed by atoms with Gasteiger partial charge in [0, 0.05) is 36.2 Å². The van der Waals surface area contributed by atoms with Crippen LogP contribution in [0.3, 0.4) is 0 Å². The third kappa shape index (κ3) is 3.15. The maximum Gasteiger partial charge on any atom is 0.271 e. The van der Waals surface area contributed by atoms with Gasteiger partial charge in [-0.1, -0.05) is 23.7 Å². The number of carbonyl (C=O) groups is 1. The van der Waals surface area contributed by atoms with Crippen LogP contribution in [-0.4, -0.2) is 44.4 Å². The molecule has 2 aromatic heterocycles. The lowest BCUT2D eigenvalue weighted by atomic mass is 10.1. The summed E-state index contributed by atoms with van der Waals surface area (Å²) < 4.78 is 2.16. The molecule has 2 aliphatic rings. The second kappa shape index (κ2) is 7.03. The molecule has 7 heteroatoms. The van der Waals surface area contributed by atoms with Crippen molar-refractivity contribution in [1.29, 1.82) is 0 Å². The van der Waals surface area contributed by atoms with Crippen molar-refractivity contribution in [3.63, 3.8) is 0 Å². The third-order valence-electron chi connectivity index (χ3n) is 5.65. The van der Waals surface area contributed by atoms with Crippen molar-refractivity contribution >= 4 is 28.8 Å². The zero-order chi connectivity index (χ0) is 19.3. The number of halogens is 1. The van der Waals surface area contributed by atoms with Crippen LogP contribution < -0.4 is 0 Å². The Balaban J connectivity index is 1.43. The number of aryl methyl sites for hydroxylation is 1. The second-order valence-electron chi connectivity index (χ2n) is 7.55. The van der Waals surface area contributed by atoms with Gasteiger partial charge >= 0.3 is 0 Å². The zero-order valence-corrected chi connectivity index (χ0v) is 17.2. The van der Waals surface area contributed by atoms with Gasteiger partial charge in [-0.2, -0.15) is 0 Å². The van der Waals surface area contributed by atoms with E-state index in [1.165, 1.54) is 5.56 Å². The molecule has 1 amide bonds. The molecule has 2 aliphatic heterocycles. The van der Waals surface area contributed by atoms with E-state index < -0.39 is 0 Å². The Morgan fingerprint density at radius 1 is 1.18 bits per heavy atom. The highest BCUT2D eigenvalue weighted by Gasteiger charge is 2.44. The van der Waals surface area contributed by atoms with E-state index in [1.54, 1.807) is 11.3 Å². The minimum Gasteiger partial charge on any atom is -0.337 e. The number of thiazole rings is 1. The van der Waals surface area contributed by atoms with Gasteiger partial charge in [0.25, 0.3) is 5.91 Å². The van der Waals surface area contributed by atoms with E-state index in [2.05, 4.69) is 25.9 Å². The Hall–Kier alpha value is -2.15. The molecule has 0 aliphatic carbocycles. The number of aromatic nitrogens is 2. The standard InChI is InChI=1S/C21H21ClN4OS/c1-14-23-17(13-28-14)10-26-20-12-24(9-15-4-2-5-16(22)8-15)11-19(20)25-7-3-6-18(25)21(26)27/h2-8,13,19-20H,9-12H2,1H3. The molecule has 5 rings (SSSR count). The molecule has 1 fully saturated rings. The minimum atomic E-state index is 0.0986. The molecule has 1 aromatic carbocycles. The van der Waals surface area contributed by atoms with E-state index in [0.717, 1.165) is 41.1 Å². The first-order valence-corrected chi connectivity index (χ1v) is 10.7. The summed E-state index contributed by atoms with van der Waals surface area (Å²) >= 11 is 7.79. The van der Waals surface area contributed by atoms with Crippen LogP contribution in [0.25, 0.3) is 0 Å². The Labute approximate surface area is 173 Å². The zero-order valence-electron chi connectivity index (χ0n) is 15.6. The van der Waals surface area contributed by atoms with Crippen molar-refractivity contribution in [2.24, 2.45) is 0 Å². The molecule has 3 aromatic rings. The first kappa shape index (κ1) is 17.9. The number of hydrogen-bond acceptors (Lipinski definition) is 4. The van der Waals surface area contributed by atoms with E-state index in [-0.39, 0.29) is 18.0 Å². The van der Waals surface area contributed by atoms with Gasteiger partial charge in [0.2, 0.25) is 0 Å². The molecule has 2 unspecified atom stereocenters. The first-order chi connectivity index (χ1) is 13.6. The molecular weight excluding hydrogens is 392 g/mol. The Kier molecular flexibility index (Phi) is 4.50. The van der Waals surface area contributed by atoms with Crippen LogP contribution in [-0.2, 0) is 13.1 Å². The lowest BCUT2D eigenvalue weighted by Gasteiger charge is -2.38. The molecule has 144 valence electrons. The number of carbonyl (C=O) groups excluding carboxylic acids is 1. The SMILES string of the molecule is Cc1nc(CN2C(=O)c3cccn3C3CN(Cc4cccc(Cl)c4)CC32)cs1. The van der Waals surface area contributed by atoms with Gasteiger partial charge in [0.15, 0.2) is 0 Å². The van der Waals surface area contributed by atoms with Crippen LogP contribution in [0, 0.1) is 6.92 Å². The van der Waals surface area contributed by atoms with Crippen LogP contribution in [0.15, 0.2) is 48.0 Å². The summed E-state index contributed by atoms with van der Waals surface area (Å²) in [7, 11) is 0. The van der Waals surface area contributed by atoms with Crippen molar-refractivity contribution in [2.45, 2.75) is 32.1 Å². The highest BCUT2D eigenvalue weighted by Crippen LogP contribution is 2.35. The largest absolute Gasteiger partial charge is 0.337 e. The maximum atomic E-state index is 13.2. The average Bonchev–Trinajstić information content (AvgIpc) is 3.38. The van der Waals surface area contributed by atoms with Crippen molar-refractivity contribution in [1.82, 2.24) is 19.4 Å². The predicted octanol–water partition coefficient (Wildman–Crippen LogP) is 3.99. The normalized spacial score (nSPS) is 21.8. The van der Waals surface area contributed by atoms with Crippen LogP contribution in [0.1, 0.15) is 32.8 Å². The van der Waals surface area contributed by atoms with Crippen molar-refractivity contribution < 1.29 is 4.79 Å². The van der Waals surface area contributed by atoms with Crippen molar-refractivity contribution in [3.05, 3.63) is 75.0 Å². The molecule has 5 nitrogen and oxygen atoms in total. The van der Waals surface area contributed by atoms with E-state index in [0.29, 0.717) is 6.54 Å². The summed E-state index contributed by atoms with van der Waals surface area (Å²) in [6, 6.07) is 12.3. The predicted molar refractivity (Wildman–Crippen MR) is 111 cm³/mol. The van der Waals surface area contributed by atoms with Crippen LogP contribution in [0.2, 0.25) is 5.02 Å². The molecule has 1 saturated heterocycles. The van der Waals surface area contributed by atoms with Gasteiger partial charge in [-0.25, -0.2) is 4.98 Å². The molecule has 0 spiro atoms. The Bertz CT molecular complexity index is 1030. The van der Waals surface area contributed by atoms with E-state index in [4.69, 9.17) is 11.6 Å². The fraction of sp³-hybridized carbons (Fsp3) is 0.333. The number of fused-ring (bicyclic) bond motifs is 3. The molecule has 0 radical (unpaired) electrons. The van der Waals surface area contributed by atoms with Gasteiger partial charge < -0.3 is 9.47 Å². The summed E-state index contributed by atoms with van der Waals surface area (Å²) in [6.07, 6.45) is 2.04. The molecule has 0 saturated carbocycles. The van der Waals surface area contributed by atoms with E-state index in [1.807, 2.05) is 48.4 Å². The minimum absolute atomic E-state index is 0.0986. The average molecular weight is 413 g/mol. The summed E-state index contributed by atoms with van der Waals surface area (Å²) in [4.78, 5) is 22.2. The molecule has 0 N–H and O–H groups in total. The summed E-state index contributed by atoms with van der Waals surface area (Å²) in [6.45, 7) is 5.17. The number of rotatable bonds is 4. The van der Waals surface area contributed by atoms with Gasteiger partial charge in [-0.05, 0) is 36.8 Å². The highest BCUT2D eigenvalue weighted by molar-refractivity contribution is 7.09. The van der Waals surface area contributed by atoms with Gasteiger partial charge in [-0.3, -0.25) is 9.69 Å². The topological polar surface area (TPSA) is 41.4 Å². The van der Waals surface area contributed by atoms with Crippen LogP contribution in [0.4, 0.5) is 0 Å². The van der Waals surface area contributed by atoms with Gasteiger partial charge in [0.05, 0.1) is 29.3 Å². The number of benzene rings is 1. The lowest BCUT2D eigenvalue weighted by molar-refractivity contribution is 0.0553. The fourth-order valence-corrected chi connectivity index (χ4v) is 5.27. The molecule has 28 heavy (non-hydrogen) atoms. The van der Waals surface area contributed by atoms with Gasteiger partial charge in [0.1, 0.15) is 5.69 Å². The summed E-state index contributed by atoms with van der Waals surface area (Å²) in [5.74, 6) is 0.0986. The molecule has 0 bridgehead atoms. The number of hydrogen-bond donors (Lipinski definition) is 0. The third-order valence-corrected chi connectivity index (χ3v) is 6.70. The van der Waals surface area contributed by atoms with Crippen LogP contribution in [0.5, 0.6) is 0 Å². The van der Waals surface area contributed by atoms with E-state index in [9.17, 15) is 4.79 Å². The maximum absolute atomic E-state index is 13.2. The van der Waals surface area contributed by atoms with Crippen molar-refractivity contribution in [2.75, 3.05) is 13.1 Å². The smallest absolute Gasteiger partial charge is 0.271 e. The quantitative estimate of drug-likeness (QED) is 0.650. The highest BCUT2D eigenvalue weighted by atomic mass is 35.5. The number of amides is 1. The van der Waals surface area contributed by atoms with Crippen LogP contribution >= 0.6 is 22.9 Å². The molecule has 2 atom stereocenters. The second-order valence-corrected chi connectivity index (χ2v) is 9.05. The summed E-state index contributed by atoms with van der Waals surface area (Å²) in [5, 5.41) is 3.86. The Morgan fingerprint density at radius 3 is 2.82 bits per heavy atom. The summed E-state index contributed by atoms with van der Waals surface area (Å²) in [5.41, 5.74) is 2.95. The first-order valence-electron chi connectivity index (χ1n) is 9.44. The monoisotopic (exact) mass is 412 g/mol. The van der Waals surface area contributed by atoms with E-state index >= 15 is 0 Å².